The summed E-state index contributed by atoms with van der Waals surface area (Å²) in [6.07, 6.45) is 0. The molecule has 0 aliphatic heterocycles. The first-order valence-corrected chi connectivity index (χ1v) is 8.01. The number of rotatable bonds is 4. The molecule has 0 bridgehead atoms. The van der Waals surface area contributed by atoms with Crippen molar-refractivity contribution in [1.29, 1.82) is 5.26 Å². The highest BCUT2D eigenvalue weighted by Crippen LogP contribution is 2.27. The maximum Gasteiger partial charge on any atom is 0.339 e. The summed E-state index contributed by atoms with van der Waals surface area (Å²) in [6.45, 7) is 2.21. The van der Waals surface area contributed by atoms with Gasteiger partial charge in [0.25, 0.3) is 0 Å². The number of carbonyl (C=O) groups excluding carboxylic acids is 1. The normalized spacial score (nSPS) is 10.1. The van der Waals surface area contributed by atoms with E-state index >= 15 is 0 Å². The van der Waals surface area contributed by atoms with E-state index in [4.69, 9.17) is 4.74 Å². The Kier molecular flexibility index (Phi) is 4.92. The lowest BCUT2D eigenvalue weighted by atomic mass is 9.96. The number of hydrogen-bond donors (Lipinski definition) is 0. The fraction of sp³-hybridized carbons (Fsp3) is 0.0909. The van der Waals surface area contributed by atoms with Gasteiger partial charge < -0.3 is 4.74 Å². The smallest absolute Gasteiger partial charge is 0.339 e. The van der Waals surface area contributed by atoms with Crippen LogP contribution in [0.1, 0.15) is 27.0 Å². The summed E-state index contributed by atoms with van der Waals surface area (Å²) in [5.41, 5.74) is 4.48. The van der Waals surface area contributed by atoms with E-state index in [1.165, 1.54) is 0 Å². The summed E-state index contributed by atoms with van der Waals surface area (Å²) in [5.74, 6) is -0.397. The Morgan fingerprint density at radius 3 is 2.32 bits per heavy atom. The van der Waals surface area contributed by atoms with Crippen LogP contribution in [0.25, 0.3) is 11.1 Å². The van der Waals surface area contributed by atoms with Crippen molar-refractivity contribution in [2.45, 2.75) is 13.5 Å². The van der Waals surface area contributed by atoms with E-state index in [-0.39, 0.29) is 6.61 Å². The first-order valence-electron chi connectivity index (χ1n) is 8.01. The molecule has 0 aromatic heterocycles. The molecule has 0 aliphatic rings. The number of nitriles is 1. The summed E-state index contributed by atoms with van der Waals surface area (Å²) in [4.78, 5) is 12.6. The predicted molar refractivity (Wildman–Crippen MR) is 96.9 cm³/mol. The number of ether oxygens (including phenoxy) is 1. The molecule has 0 amide bonds. The Bertz CT molecular complexity index is 954. The summed E-state index contributed by atoms with van der Waals surface area (Å²) in [5, 5.41) is 9.33. The van der Waals surface area contributed by atoms with E-state index in [1.54, 1.807) is 24.3 Å². The molecule has 122 valence electrons. The molecule has 3 aromatic carbocycles. The molecule has 3 nitrogen and oxygen atoms in total. The summed E-state index contributed by atoms with van der Waals surface area (Å²) < 4.78 is 5.51. The highest BCUT2D eigenvalue weighted by Gasteiger charge is 2.16. The number of carbonyl (C=O) groups is 1. The molecule has 0 heterocycles. The Balaban J connectivity index is 1.90. The average molecular weight is 327 g/mol. The summed E-state index contributed by atoms with van der Waals surface area (Å²) in [6, 6.07) is 24.4. The molecule has 0 spiro atoms. The zero-order valence-electron chi connectivity index (χ0n) is 13.9. The van der Waals surface area contributed by atoms with Crippen LogP contribution in [0.5, 0.6) is 0 Å². The van der Waals surface area contributed by atoms with Crippen LogP contribution in [0.2, 0.25) is 0 Å². The van der Waals surface area contributed by atoms with Crippen molar-refractivity contribution >= 4 is 5.97 Å². The zero-order valence-corrected chi connectivity index (χ0v) is 13.9. The number of esters is 1. The fourth-order valence-electron chi connectivity index (χ4n) is 2.70. The summed E-state index contributed by atoms with van der Waals surface area (Å²) >= 11 is 0. The van der Waals surface area contributed by atoms with Crippen LogP contribution >= 0.6 is 0 Å². The molecule has 3 aromatic rings. The van der Waals surface area contributed by atoms with Crippen molar-refractivity contribution in [3.63, 3.8) is 0 Å². The van der Waals surface area contributed by atoms with Gasteiger partial charge in [0.1, 0.15) is 6.61 Å². The second-order valence-electron chi connectivity index (χ2n) is 5.71. The minimum absolute atomic E-state index is 0.222. The van der Waals surface area contributed by atoms with Crippen LogP contribution in [0.4, 0.5) is 0 Å². The van der Waals surface area contributed by atoms with E-state index in [0.717, 1.165) is 16.7 Å². The first-order chi connectivity index (χ1) is 12.2. The van der Waals surface area contributed by atoms with Crippen LogP contribution in [-0.2, 0) is 11.3 Å². The molecule has 0 saturated carbocycles. The van der Waals surface area contributed by atoms with Gasteiger partial charge in [-0.15, -0.1) is 0 Å². The Morgan fingerprint density at radius 2 is 1.56 bits per heavy atom. The van der Waals surface area contributed by atoms with E-state index in [2.05, 4.69) is 6.07 Å². The fourth-order valence-corrected chi connectivity index (χ4v) is 2.70. The maximum absolute atomic E-state index is 12.6. The SMILES string of the molecule is Cc1ccccc1COC(=O)c1ccccc1-c1ccccc1C#N. The molecule has 3 heteroatoms. The highest BCUT2D eigenvalue weighted by molar-refractivity contribution is 5.98. The maximum atomic E-state index is 12.6. The van der Waals surface area contributed by atoms with Crippen molar-refractivity contribution in [3.8, 4) is 17.2 Å². The second kappa shape index (κ2) is 7.46. The van der Waals surface area contributed by atoms with Gasteiger partial charge in [0.15, 0.2) is 0 Å². The van der Waals surface area contributed by atoms with Crippen LogP contribution in [0.15, 0.2) is 72.8 Å². The molecule has 0 fully saturated rings. The Labute approximate surface area is 147 Å². The van der Waals surface area contributed by atoms with Crippen molar-refractivity contribution < 1.29 is 9.53 Å². The second-order valence-corrected chi connectivity index (χ2v) is 5.71. The lowest BCUT2D eigenvalue weighted by Gasteiger charge is -2.12. The van der Waals surface area contributed by atoms with Gasteiger partial charge in [0, 0.05) is 5.56 Å². The molecule has 0 N–H and O–H groups in total. The molecule has 3 rings (SSSR count). The van der Waals surface area contributed by atoms with Gasteiger partial charge in [-0.1, -0.05) is 60.7 Å². The first kappa shape index (κ1) is 16.5. The molecule has 0 atom stereocenters. The van der Waals surface area contributed by atoms with Gasteiger partial charge in [-0.25, -0.2) is 4.79 Å². The van der Waals surface area contributed by atoms with Gasteiger partial charge in [-0.3, -0.25) is 0 Å². The van der Waals surface area contributed by atoms with E-state index < -0.39 is 5.97 Å². The molecular formula is C22H17NO2. The quantitative estimate of drug-likeness (QED) is 0.641. The zero-order chi connectivity index (χ0) is 17.6. The molecular weight excluding hydrogens is 310 g/mol. The number of nitrogens with zero attached hydrogens (tertiary/aromatic N) is 1. The monoisotopic (exact) mass is 327 g/mol. The van der Waals surface area contributed by atoms with Crippen LogP contribution in [0, 0.1) is 18.3 Å². The van der Waals surface area contributed by atoms with Crippen LogP contribution < -0.4 is 0 Å². The van der Waals surface area contributed by atoms with Crippen molar-refractivity contribution in [2.75, 3.05) is 0 Å². The van der Waals surface area contributed by atoms with Gasteiger partial charge in [0.2, 0.25) is 0 Å². The van der Waals surface area contributed by atoms with E-state index in [1.807, 2.05) is 55.5 Å². The van der Waals surface area contributed by atoms with E-state index in [9.17, 15) is 10.1 Å². The van der Waals surface area contributed by atoms with Crippen molar-refractivity contribution in [2.24, 2.45) is 0 Å². The minimum atomic E-state index is -0.397. The predicted octanol–water partition coefficient (Wildman–Crippen LogP) is 4.89. The van der Waals surface area contributed by atoms with E-state index in [0.29, 0.717) is 16.7 Å². The van der Waals surface area contributed by atoms with Gasteiger partial charge in [-0.05, 0) is 35.7 Å². The standard InChI is InChI=1S/C22H17NO2/c1-16-8-2-3-10-18(16)15-25-22(24)21-13-7-6-12-20(21)19-11-5-4-9-17(19)14-23/h2-13H,15H2,1H3. The van der Waals surface area contributed by atoms with Crippen molar-refractivity contribution in [3.05, 3.63) is 95.1 Å². The molecule has 0 radical (unpaired) electrons. The third-order valence-corrected chi connectivity index (χ3v) is 4.10. The van der Waals surface area contributed by atoms with Gasteiger partial charge >= 0.3 is 5.97 Å². The van der Waals surface area contributed by atoms with Crippen LogP contribution in [0.3, 0.4) is 0 Å². The Morgan fingerprint density at radius 1 is 0.920 bits per heavy atom. The molecule has 25 heavy (non-hydrogen) atoms. The molecule has 0 saturated heterocycles. The largest absolute Gasteiger partial charge is 0.457 e. The van der Waals surface area contributed by atoms with Gasteiger partial charge in [-0.2, -0.15) is 5.26 Å². The average Bonchev–Trinajstić information content (AvgIpc) is 2.67. The highest BCUT2D eigenvalue weighted by atomic mass is 16.5. The van der Waals surface area contributed by atoms with Crippen LogP contribution in [-0.4, -0.2) is 5.97 Å². The number of benzene rings is 3. The van der Waals surface area contributed by atoms with Crippen molar-refractivity contribution in [1.82, 2.24) is 0 Å². The topological polar surface area (TPSA) is 50.1 Å². The number of aryl methyl sites for hydroxylation is 1. The lowest BCUT2D eigenvalue weighted by molar-refractivity contribution is 0.0473. The van der Waals surface area contributed by atoms with Gasteiger partial charge in [0.05, 0.1) is 17.2 Å². The molecule has 0 unspecified atom stereocenters. The minimum Gasteiger partial charge on any atom is -0.457 e. The molecule has 0 aliphatic carbocycles. The Hall–Kier alpha value is -3.38. The third kappa shape index (κ3) is 3.59. The number of hydrogen-bond acceptors (Lipinski definition) is 3. The lowest BCUT2D eigenvalue weighted by Crippen LogP contribution is -2.08. The summed E-state index contributed by atoms with van der Waals surface area (Å²) in [7, 11) is 0. The third-order valence-electron chi connectivity index (χ3n) is 4.10.